The number of hydrogen-bond donors (Lipinski definition) is 0. The van der Waals surface area contributed by atoms with Crippen molar-refractivity contribution in [1.29, 1.82) is 0 Å². The maximum Gasteiger partial charge on any atom is 0.260 e. The standard InChI is InChI=1S/C15H19NO3/c1-12(17)13-6-5-7-14(10-13)19-11-15(18)16-8-3-2-4-9-16/h5-7,10H,2-4,8-9,11H2,1H3. The Kier molecular flexibility index (Phi) is 4.55. The van der Waals surface area contributed by atoms with Crippen molar-refractivity contribution in [3.8, 4) is 5.75 Å². The van der Waals surface area contributed by atoms with Gasteiger partial charge >= 0.3 is 0 Å². The first kappa shape index (κ1) is 13.6. The van der Waals surface area contributed by atoms with Crippen molar-refractivity contribution in [1.82, 2.24) is 4.90 Å². The summed E-state index contributed by atoms with van der Waals surface area (Å²) in [5.41, 5.74) is 0.600. The van der Waals surface area contributed by atoms with Gasteiger partial charge in [0.25, 0.3) is 5.91 Å². The molecule has 1 fully saturated rings. The lowest BCUT2D eigenvalue weighted by molar-refractivity contribution is -0.134. The van der Waals surface area contributed by atoms with E-state index in [1.807, 2.05) is 4.90 Å². The first-order chi connectivity index (χ1) is 9.16. The average Bonchev–Trinajstić information content (AvgIpc) is 2.46. The quantitative estimate of drug-likeness (QED) is 0.781. The number of carbonyl (C=O) groups excluding carboxylic acids is 2. The third-order valence-electron chi connectivity index (χ3n) is 3.31. The fraction of sp³-hybridized carbons (Fsp3) is 0.467. The number of likely N-dealkylation sites (tertiary alicyclic amines) is 1. The Labute approximate surface area is 113 Å². The van der Waals surface area contributed by atoms with E-state index in [-0.39, 0.29) is 18.3 Å². The maximum absolute atomic E-state index is 11.9. The molecule has 0 aliphatic carbocycles. The van der Waals surface area contributed by atoms with Gasteiger partial charge in [0.1, 0.15) is 5.75 Å². The molecule has 0 atom stereocenters. The summed E-state index contributed by atoms with van der Waals surface area (Å²) in [4.78, 5) is 25.0. The molecule has 102 valence electrons. The fourth-order valence-corrected chi connectivity index (χ4v) is 2.18. The molecule has 1 saturated heterocycles. The molecular weight excluding hydrogens is 242 g/mol. The number of amides is 1. The van der Waals surface area contributed by atoms with Gasteiger partial charge in [0.05, 0.1) is 0 Å². The van der Waals surface area contributed by atoms with Gasteiger partial charge in [-0.15, -0.1) is 0 Å². The van der Waals surface area contributed by atoms with Crippen LogP contribution in [0.15, 0.2) is 24.3 Å². The molecule has 1 heterocycles. The Morgan fingerprint density at radius 3 is 2.63 bits per heavy atom. The second-order valence-corrected chi connectivity index (χ2v) is 4.81. The van der Waals surface area contributed by atoms with E-state index in [2.05, 4.69) is 0 Å². The molecule has 1 aromatic carbocycles. The van der Waals surface area contributed by atoms with E-state index >= 15 is 0 Å². The molecule has 0 saturated carbocycles. The molecule has 0 unspecified atom stereocenters. The number of ketones is 1. The lowest BCUT2D eigenvalue weighted by Crippen LogP contribution is -2.38. The van der Waals surface area contributed by atoms with Crippen LogP contribution in [0.4, 0.5) is 0 Å². The number of hydrogen-bond acceptors (Lipinski definition) is 3. The zero-order valence-electron chi connectivity index (χ0n) is 11.2. The number of carbonyl (C=O) groups is 2. The molecule has 0 aromatic heterocycles. The van der Waals surface area contributed by atoms with E-state index in [4.69, 9.17) is 4.74 Å². The minimum absolute atomic E-state index is 0.00666. The Morgan fingerprint density at radius 2 is 1.95 bits per heavy atom. The van der Waals surface area contributed by atoms with Gasteiger partial charge in [-0.25, -0.2) is 0 Å². The molecule has 2 rings (SSSR count). The van der Waals surface area contributed by atoms with E-state index in [1.165, 1.54) is 13.3 Å². The first-order valence-electron chi connectivity index (χ1n) is 6.68. The highest BCUT2D eigenvalue weighted by Gasteiger charge is 2.16. The minimum atomic E-state index is -0.00666. The summed E-state index contributed by atoms with van der Waals surface area (Å²) in [7, 11) is 0. The van der Waals surface area contributed by atoms with Crippen LogP contribution in [0.25, 0.3) is 0 Å². The molecule has 1 aliphatic heterocycles. The molecule has 0 bridgehead atoms. The summed E-state index contributed by atoms with van der Waals surface area (Å²) in [6.45, 7) is 3.21. The number of Topliss-reactive ketones (excluding diaryl/α,β-unsaturated/α-hetero) is 1. The monoisotopic (exact) mass is 261 g/mol. The highest BCUT2D eigenvalue weighted by atomic mass is 16.5. The van der Waals surface area contributed by atoms with E-state index < -0.39 is 0 Å². The Hall–Kier alpha value is -1.84. The third-order valence-corrected chi connectivity index (χ3v) is 3.31. The van der Waals surface area contributed by atoms with Crippen molar-refractivity contribution in [2.75, 3.05) is 19.7 Å². The van der Waals surface area contributed by atoms with Gasteiger partial charge in [-0.2, -0.15) is 0 Å². The number of ether oxygens (including phenoxy) is 1. The Bertz CT molecular complexity index is 464. The van der Waals surface area contributed by atoms with Gasteiger partial charge in [0, 0.05) is 18.7 Å². The Balaban J connectivity index is 1.89. The van der Waals surface area contributed by atoms with Gasteiger partial charge in [0.2, 0.25) is 0 Å². The van der Waals surface area contributed by atoms with Gasteiger partial charge in [-0.3, -0.25) is 9.59 Å². The summed E-state index contributed by atoms with van der Waals surface area (Å²) in [5, 5.41) is 0. The topological polar surface area (TPSA) is 46.6 Å². The summed E-state index contributed by atoms with van der Waals surface area (Å²) < 4.78 is 5.47. The highest BCUT2D eigenvalue weighted by Crippen LogP contribution is 2.14. The van der Waals surface area contributed by atoms with Crippen molar-refractivity contribution in [3.05, 3.63) is 29.8 Å². The van der Waals surface area contributed by atoms with E-state index in [1.54, 1.807) is 24.3 Å². The Morgan fingerprint density at radius 1 is 1.21 bits per heavy atom. The van der Waals surface area contributed by atoms with Gasteiger partial charge < -0.3 is 9.64 Å². The van der Waals surface area contributed by atoms with Crippen LogP contribution in [0.1, 0.15) is 36.5 Å². The molecule has 1 aliphatic rings. The zero-order valence-corrected chi connectivity index (χ0v) is 11.2. The average molecular weight is 261 g/mol. The van der Waals surface area contributed by atoms with Gasteiger partial charge in [0.15, 0.2) is 12.4 Å². The number of benzene rings is 1. The largest absolute Gasteiger partial charge is 0.484 e. The normalized spacial score (nSPS) is 15.1. The first-order valence-corrected chi connectivity index (χ1v) is 6.68. The predicted molar refractivity (Wildman–Crippen MR) is 72.4 cm³/mol. The van der Waals surface area contributed by atoms with E-state index in [0.29, 0.717) is 11.3 Å². The smallest absolute Gasteiger partial charge is 0.260 e. The minimum Gasteiger partial charge on any atom is -0.484 e. The number of nitrogens with zero attached hydrogens (tertiary/aromatic N) is 1. The lowest BCUT2D eigenvalue weighted by Gasteiger charge is -2.26. The molecule has 1 aromatic rings. The van der Waals surface area contributed by atoms with E-state index in [0.717, 1.165) is 25.9 Å². The van der Waals surface area contributed by atoms with Crippen molar-refractivity contribution in [2.45, 2.75) is 26.2 Å². The molecule has 4 nitrogen and oxygen atoms in total. The SMILES string of the molecule is CC(=O)c1cccc(OCC(=O)N2CCCCC2)c1. The van der Waals surface area contributed by atoms with Crippen LogP contribution >= 0.6 is 0 Å². The number of piperidine rings is 1. The van der Waals surface area contributed by atoms with Gasteiger partial charge in [-0.05, 0) is 38.3 Å². The van der Waals surface area contributed by atoms with Crippen LogP contribution < -0.4 is 4.74 Å². The lowest BCUT2D eigenvalue weighted by atomic mass is 10.1. The zero-order chi connectivity index (χ0) is 13.7. The summed E-state index contributed by atoms with van der Waals surface area (Å²) in [6.07, 6.45) is 3.35. The number of rotatable bonds is 4. The van der Waals surface area contributed by atoms with Crippen LogP contribution in [-0.2, 0) is 4.79 Å². The van der Waals surface area contributed by atoms with E-state index in [9.17, 15) is 9.59 Å². The molecule has 0 N–H and O–H groups in total. The molecular formula is C15H19NO3. The maximum atomic E-state index is 11.9. The fourth-order valence-electron chi connectivity index (χ4n) is 2.18. The molecule has 4 heteroatoms. The third kappa shape index (κ3) is 3.81. The summed E-state index contributed by atoms with van der Waals surface area (Å²) in [6, 6.07) is 6.93. The van der Waals surface area contributed by atoms with Crippen molar-refractivity contribution in [3.63, 3.8) is 0 Å². The highest BCUT2D eigenvalue weighted by molar-refractivity contribution is 5.94. The molecule has 1 amide bonds. The van der Waals surface area contributed by atoms with Crippen molar-refractivity contribution in [2.24, 2.45) is 0 Å². The summed E-state index contributed by atoms with van der Waals surface area (Å²) in [5.74, 6) is 0.582. The molecule has 0 radical (unpaired) electrons. The van der Waals surface area contributed by atoms with Crippen LogP contribution in [0.5, 0.6) is 5.75 Å². The molecule has 0 spiro atoms. The predicted octanol–water partition coefficient (Wildman–Crippen LogP) is 2.28. The second-order valence-electron chi connectivity index (χ2n) is 4.81. The van der Waals surface area contributed by atoms with Gasteiger partial charge in [-0.1, -0.05) is 12.1 Å². The second kappa shape index (κ2) is 6.36. The van der Waals surface area contributed by atoms with Crippen molar-refractivity contribution >= 4 is 11.7 Å². The van der Waals surface area contributed by atoms with Crippen LogP contribution in [0, 0.1) is 0 Å². The molecule has 19 heavy (non-hydrogen) atoms. The van der Waals surface area contributed by atoms with Crippen molar-refractivity contribution < 1.29 is 14.3 Å². The van der Waals surface area contributed by atoms with Crippen LogP contribution in [-0.4, -0.2) is 36.3 Å². The van der Waals surface area contributed by atoms with Crippen LogP contribution in [0.3, 0.4) is 0 Å². The summed E-state index contributed by atoms with van der Waals surface area (Å²) >= 11 is 0. The van der Waals surface area contributed by atoms with Crippen LogP contribution in [0.2, 0.25) is 0 Å².